The van der Waals surface area contributed by atoms with Crippen molar-refractivity contribution >= 4 is 36.9 Å². The molecule has 0 bridgehead atoms. The summed E-state index contributed by atoms with van der Waals surface area (Å²) in [5.41, 5.74) is 3.14. The van der Waals surface area contributed by atoms with E-state index in [1.165, 1.54) is 6.26 Å². The van der Waals surface area contributed by atoms with Gasteiger partial charge in [-0.25, -0.2) is 19.6 Å². The topological polar surface area (TPSA) is 121 Å². The number of aromatic nitrogens is 3. The third-order valence-electron chi connectivity index (χ3n) is 7.71. The number of carbonyl (C=O) groups excluding carboxylic acids is 2. The van der Waals surface area contributed by atoms with E-state index in [2.05, 4.69) is 36.9 Å². The minimum absolute atomic E-state index is 0.0850. The van der Waals surface area contributed by atoms with Gasteiger partial charge in [0.15, 0.2) is 5.69 Å². The molecule has 12 heteroatoms. The third kappa shape index (κ3) is 8.31. The number of likely N-dealkylation sites (tertiary alicyclic amines) is 1. The van der Waals surface area contributed by atoms with Gasteiger partial charge in [-0.2, -0.15) is 0 Å². The van der Waals surface area contributed by atoms with Crippen LogP contribution >= 0.6 is 0 Å². The average molecular weight is 634 g/mol. The van der Waals surface area contributed by atoms with E-state index in [-0.39, 0.29) is 42.9 Å². The van der Waals surface area contributed by atoms with Crippen molar-refractivity contribution in [3.8, 4) is 11.5 Å². The van der Waals surface area contributed by atoms with Crippen LogP contribution in [0.25, 0.3) is 22.5 Å². The van der Waals surface area contributed by atoms with Gasteiger partial charge in [-0.3, -0.25) is 0 Å². The van der Waals surface area contributed by atoms with E-state index < -0.39 is 14.0 Å². The second-order valence-electron chi connectivity index (χ2n) is 12.8. The quantitative estimate of drug-likeness (QED) is 0.104. The number of pyridine rings is 1. The van der Waals surface area contributed by atoms with Crippen LogP contribution in [-0.4, -0.2) is 71.9 Å². The Balaban J connectivity index is 1.40. The van der Waals surface area contributed by atoms with Gasteiger partial charge in [-0.15, -0.1) is 0 Å². The molecule has 1 aliphatic rings. The lowest BCUT2D eigenvalue weighted by Gasteiger charge is -2.36. The van der Waals surface area contributed by atoms with E-state index in [9.17, 15) is 9.59 Å². The molecule has 240 valence electrons. The Bertz CT molecular complexity index is 1600. The smallest absolute Gasteiger partial charge is 0.410 e. The van der Waals surface area contributed by atoms with Crippen molar-refractivity contribution < 1.29 is 28.2 Å². The summed E-state index contributed by atoms with van der Waals surface area (Å²) in [6.45, 7) is 13.5. The molecule has 11 nitrogen and oxygen atoms in total. The first-order valence-electron chi connectivity index (χ1n) is 15.5. The maximum Gasteiger partial charge on any atom is 0.410 e. The van der Waals surface area contributed by atoms with Crippen LogP contribution in [0.4, 0.5) is 10.5 Å². The van der Waals surface area contributed by atoms with E-state index in [1.807, 2.05) is 47.2 Å². The molecular formula is C33H43N5O6Si. The first kappa shape index (κ1) is 32.2. The number of nitrogens with zero attached hydrogens (tertiary/aromatic N) is 4. The Labute approximate surface area is 264 Å². The number of nitrogens with one attached hydrogen (secondary N) is 1. The van der Waals surface area contributed by atoms with Crippen molar-refractivity contribution in [2.75, 3.05) is 31.6 Å². The molecule has 4 heterocycles. The van der Waals surface area contributed by atoms with Crippen molar-refractivity contribution in [2.45, 2.75) is 65.3 Å². The molecule has 1 saturated heterocycles. The van der Waals surface area contributed by atoms with Gasteiger partial charge in [0.05, 0.1) is 17.9 Å². The number of hydrogen-bond acceptors (Lipinski definition) is 9. The second kappa shape index (κ2) is 14.3. The summed E-state index contributed by atoms with van der Waals surface area (Å²) in [5, 5.41) is 4.55. The molecule has 1 aromatic carbocycles. The molecule has 0 saturated carbocycles. The van der Waals surface area contributed by atoms with Gasteiger partial charge in [0, 0.05) is 51.6 Å². The number of carbonyl (C=O) groups is 2. The highest BCUT2D eigenvalue weighted by molar-refractivity contribution is 6.76. The van der Waals surface area contributed by atoms with Gasteiger partial charge in [0.1, 0.15) is 25.2 Å². The zero-order valence-corrected chi connectivity index (χ0v) is 27.7. The van der Waals surface area contributed by atoms with E-state index in [4.69, 9.17) is 23.6 Å². The fourth-order valence-corrected chi connectivity index (χ4v) is 6.17. The highest BCUT2D eigenvalue weighted by Crippen LogP contribution is 2.36. The molecule has 4 aromatic rings. The number of benzene rings is 1. The number of hydrogen-bond donors (Lipinski definition) is 1. The summed E-state index contributed by atoms with van der Waals surface area (Å²) in [5.74, 6) is -0.0664. The number of ether oxygens (including phenoxy) is 3. The van der Waals surface area contributed by atoms with Crippen molar-refractivity contribution in [2.24, 2.45) is 5.92 Å². The van der Waals surface area contributed by atoms with Crippen LogP contribution in [0.15, 0.2) is 59.5 Å². The number of oxazole rings is 1. The summed E-state index contributed by atoms with van der Waals surface area (Å²) in [4.78, 5) is 36.4. The molecule has 1 N–H and O–H groups in total. The zero-order chi connectivity index (χ0) is 32.0. The van der Waals surface area contributed by atoms with E-state index in [0.29, 0.717) is 32.0 Å². The minimum atomic E-state index is -1.21. The monoisotopic (exact) mass is 633 g/mol. The van der Waals surface area contributed by atoms with Gasteiger partial charge < -0.3 is 33.4 Å². The molecule has 0 radical (unpaired) electrons. The van der Waals surface area contributed by atoms with Crippen molar-refractivity contribution in [1.29, 1.82) is 0 Å². The number of fused-ring (bicyclic) bond motifs is 1. The normalized spacial score (nSPS) is 17.0. The first-order valence-corrected chi connectivity index (χ1v) is 19.2. The van der Waals surface area contributed by atoms with Crippen LogP contribution < -0.4 is 5.32 Å². The van der Waals surface area contributed by atoms with Crippen LogP contribution in [-0.2, 0) is 27.5 Å². The van der Waals surface area contributed by atoms with Gasteiger partial charge in [0.25, 0.3) is 0 Å². The molecule has 1 amide bonds. The largest absolute Gasteiger partial charge is 0.461 e. The minimum Gasteiger partial charge on any atom is -0.461 e. The molecule has 1 aliphatic heterocycles. The number of rotatable bonds is 12. The predicted octanol–water partition coefficient (Wildman–Crippen LogP) is 6.64. The summed E-state index contributed by atoms with van der Waals surface area (Å²) in [7, 11) is -1.21. The van der Waals surface area contributed by atoms with Gasteiger partial charge in [0.2, 0.25) is 5.89 Å². The molecule has 0 spiro atoms. The SMILES string of the molecule is CCOC(=O)c1coc(-c2cnc3c(ccn3COCC[Si](C)(C)C)c2N[C@@H]2C[C@H](C)CN(C(=O)OCc3ccccc3)C2)n1. The number of anilines is 1. The Hall–Kier alpha value is -4.16. The first-order chi connectivity index (χ1) is 21.6. The van der Waals surface area contributed by atoms with Gasteiger partial charge in [-0.1, -0.05) is 56.9 Å². The Morgan fingerprint density at radius 3 is 2.67 bits per heavy atom. The Morgan fingerprint density at radius 2 is 1.91 bits per heavy atom. The van der Waals surface area contributed by atoms with Crippen LogP contribution in [0, 0.1) is 5.92 Å². The van der Waals surface area contributed by atoms with E-state index >= 15 is 0 Å². The summed E-state index contributed by atoms with van der Waals surface area (Å²) >= 11 is 0. The molecule has 45 heavy (non-hydrogen) atoms. The molecule has 0 aliphatic carbocycles. The average Bonchev–Trinajstić information content (AvgIpc) is 3.66. The maximum atomic E-state index is 13.1. The summed E-state index contributed by atoms with van der Waals surface area (Å²) in [6.07, 6.45) is 5.45. The van der Waals surface area contributed by atoms with Gasteiger partial charge in [-0.05, 0) is 36.9 Å². The van der Waals surface area contributed by atoms with Crippen molar-refractivity contribution in [1.82, 2.24) is 19.4 Å². The van der Waals surface area contributed by atoms with Crippen LogP contribution in [0.3, 0.4) is 0 Å². The van der Waals surface area contributed by atoms with Gasteiger partial charge >= 0.3 is 12.1 Å². The lowest BCUT2D eigenvalue weighted by molar-refractivity contribution is 0.0519. The molecule has 0 unspecified atom stereocenters. The fraction of sp³-hybridized carbons (Fsp3) is 0.455. The predicted molar refractivity (Wildman–Crippen MR) is 175 cm³/mol. The molecule has 1 fully saturated rings. The highest BCUT2D eigenvalue weighted by Gasteiger charge is 2.30. The fourth-order valence-electron chi connectivity index (χ4n) is 5.42. The lowest BCUT2D eigenvalue weighted by atomic mass is 9.95. The number of amides is 1. The Kier molecular flexibility index (Phi) is 10.2. The number of piperidine rings is 1. The van der Waals surface area contributed by atoms with Crippen LogP contribution in [0.2, 0.25) is 25.7 Å². The van der Waals surface area contributed by atoms with Crippen molar-refractivity contribution in [3.63, 3.8) is 0 Å². The Morgan fingerprint density at radius 1 is 1.11 bits per heavy atom. The summed E-state index contributed by atoms with van der Waals surface area (Å²) < 4.78 is 24.5. The van der Waals surface area contributed by atoms with E-state index in [1.54, 1.807) is 18.0 Å². The molecular weight excluding hydrogens is 590 g/mol. The number of esters is 1. The van der Waals surface area contributed by atoms with Crippen LogP contribution in [0.5, 0.6) is 0 Å². The molecule has 2 atom stereocenters. The molecule has 5 rings (SSSR count). The zero-order valence-electron chi connectivity index (χ0n) is 26.7. The third-order valence-corrected chi connectivity index (χ3v) is 9.41. The second-order valence-corrected chi connectivity index (χ2v) is 18.4. The maximum absolute atomic E-state index is 13.1. The van der Waals surface area contributed by atoms with Crippen LogP contribution in [0.1, 0.15) is 36.3 Å². The summed E-state index contributed by atoms with van der Waals surface area (Å²) in [6, 6.07) is 12.6. The lowest BCUT2D eigenvalue weighted by Crippen LogP contribution is -2.48. The van der Waals surface area contributed by atoms with Crippen molar-refractivity contribution in [3.05, 3.63) is 66.3 Å². The van der Waals surface area contributed by atoms with E-state index in [0.717, 1.165) is 34.7 Å². The highest BCUT2D eigenvalue weighted by atomic mass is 28.3. The molecule has 3 aromatic heterocycles. The standard InChI is InChI=1S/C33H43N5O6Si/c1-6-42-32(39)28-21-43-31(36-28)27-17-34-30-26(12-13-37(30)22-41-14-15-45(3,4)5)29(27)35-25-16-23(2)18-38(19-25)33(40)44-20-24-10-8-7-9-11-24/h7-13,17,21,23,25H,6,14-16,18-20,22H2,1-5H3,(H,34,35)/t23-,25+/m0/s1.